The Labute approximate surface area is 167 Å². The largest absolute Gasteiger partial charge is 0.496 e. The van der Waals surface area contributed by atoms with Crippen LogP contribution in [0.5, 0.6) is 5.75 Å². The van der Waals surface area contributed by atoms with Gasteiger partial charge in [0.25, 0.3) is 5.91 Å². The quantitative estimate of drug-likeness (QED) is 0.685. The number of carbonyl (C=O) groups excluding carboxylic acids is 1. The number of halogens is 1. The maximum atomic E-state index is 12.6. The normalized spacial score (nSPS) is 12.2. The predicted molar refractivity (Wildman–Crippen MR) is 109 cm³/mol. The highest BCUT2D eigenvalue weighted by Gasteiger charge is 2.20. The van der Waals surface area contributed by atoms with Gasteiger partial charge in [-0.2, -0.15) is 0 Å². The van der Waals surface area contributed by atoms with E-state index in [-0.39, 0.29) is 17.2 Å². The van der Waals surface area contributed by atoms with Crippen molar-refractivity contribution in [2.45, 2.75) is 6.04 Å². The van der Waals surface area contributed by atoms with E-state index in [9.17, 15) is 9.59 Å². The number of hydrogen-bond acceptors (Lipinski definition) is 5. The Morgan fingerprint density at radius 1 is 1.21 bits per heavy atom. The molecule has 3 rings (SSSR count). The first-order valence-electron chi connectivity index (χ1n) is 8.71. The maximum Gasteiger partial charge on any atom is 0.287 e. The molecular formula is C21H21ClN2O4. The number of carbonyl (C=O) groups is 1. The van der Waals surface area contributed by atoms with Gasteiger partial charge in [-0.25, -0.2) is 0 Å². The van der Waals surface area contributed by atoms with Crippen LogP contribution in [0, 0.1) is 0 Å². The number of nitrogens with one attached hydrogen (secondary N) is 1. The first-order valence-corrected chi connectivity index (χ1v) is 9.09. The summed E-state index contributed by atoms with van der Waals surface area (Å²) in [5.41, 5.74) is 0.948. The molecule has 0 saturated heterocycles. The van der Waals surface area contributed by atoms with Crippen molar-refractivity contribution in [2.75, 3.05) is 27.7 Å². The second-order valence-electron chi connectivity index (χ2n) is 6.55. The first kappa shape index (κ1) is 19.9. The fraction of sp³-hybridized carbons (Fsp3) is 0.238. The molecule has 7 heteroatoms. The van der Waals surface area contributed by atoms with E-state index < -0.39 is 5.91 Å². The van der Waals surface area contributed by atoms with Gasteiger partial charge in [0.2, 0.25) is 0 Å². The van der Waals surface area contributed by atoms with Crippen LogP contribution >= 0.6 is 11.6 Å². The van der Waals surface area contributed by atoms with Gasteiger partial charge in [0, 0.05) is 23.2 Å². The molecule has 28 heavy (non-hydrogen) atoms. The number of rotatable bonds is 6. The van der Waals surface area contributed by atoms with Gasteiger partial charge in [-0.3, -0.25) is 9.59 Å². The van der Waals surface area contributed by atoms with Gasteiger partial charge in [0.05, 0.1) is 18.5 Å². The zero-order chi connectivity index (χ0) is 20.3. The highest BCUT2D eigenvalue weighted by atomic mass is 35.5. The molecule has 0 radical (unpaired) electrons. The number of benzene rings is 2. The Bertz CT molecular complexity index is 1060. The second-order valence-corrected chi connectivity index (χ2v) is 6.98. The molecular weight excluding hydrogens is 380 g/mol. The number of nitrogens with zero attached hydrogens (tertiary/aromatic N) is 1. The number of amides is 1. The van der Waals surface area contributed by atoms with Crippen molar-refractivity contribution in [3.8, 4) is 5.75 Å². The SMILES string of the molecule is COc1ccccc1[C@H](CNC(=O)c1cc(=O)c2cc(Cl)ccc2o1)N(C)C. The summed E-state index contributed by atoms with van der Waals surface area (Å²) in [5.74, 6) is 0.234. The smallest absolute Gasteiger partial charge is 0.287 e. The minimum absolute atomic E-state index is 0.0441. The van der Waals surface area contributed by atoms with E-state index in [1.54, 1.807) is 19.2 Å². The van der Waals surface area contributed by atoms with Gasteiger partial charge in [-0.05, 0) is 38.4 Å². The van der Waals surface area contributed by atoms with Crippen LogP contribution in [0.2, 0.25) is 5.02 Å². The maximum absolute atomic E-state index is 12.6. The number of ether oxygens (including phenoxy) is 1. The van der Waals surface area contributed by atoms with Crippen molar-refractivity contribution < 1.29 is 13.9 Å². The molecule has 0 saturated carbocycles. The molecule has 3 aromatic rings. The number of para-hydroxylation sites is 1. The third kappa shape index (κ3) is 4.18. The van der Waals surface area contributed by atoms with Crippen LogP contribution in [0.1, 0.15) is 22.2 Å². The summed E-state index contributed by atoms with van der Waals surface area (Å²) in [6, 6.07) is 13.4. The highest BCUT2D eigenvalue weighted by Crippen LogP contribution is 2.27. The van der Waals surface area contributed by atoms with Gasteiger partial charge >= 0.3 is 0 Å². The van der Waals surface area contributed by atoms with Crippen molar-refractivity contribution in [3.05, 3.63) is 75.1 Å². The molecule has 0 aliphatic rings. The molecule has 0 aliphatic heterocycles. The van der Waals surface area contributed by atoms with E-state index in [4.69, 9.17) is 20.8 Å². The van der Waals surface area contributed by atoms with Crippen molar-refractivity contribution in [1.29, 1.82) is 0 Å². The fourth-order valence-corrected chi connectivity index (χ4v) is 3.20. The summed E-state index contributed by atoms with van der Waals surface area (Å²) in [6.45, 7) is 0.314. The standard InChI is InChI=1S/C21H21ClN2O4/c1-24(2)16(14-6-4-5-7-18(14)27-3)12-23-21(26)20-11-17(25)15-10-13(22)8-9-19(15)28-20/h4-11,16H,12H2,1-3H3,(H,23,26)/t16-/m0/s1. The Morgan fingerprint density at radius 2 is 1.96 bits per heavy atom. The Hall–Kier alpha value is -2.83. The molecule has 1 N–H and O–H groups in total. The average molecular weight is 401 g/mol. The van der Waals surface area contributed by atoms with Crippen molar-refractivity contribution in [3.63, 3.8) is 0 Å². The third-order valence-corrected chi connectivity index (χ3v) is 4.73. The molecule has 146 valence electrons. The van der Waals surface area contributed by atoms with Crippen LogP contribution < -0.4 is 15.5 Å². The van der Waals surface area contributed by atoms with Crippen molar-refractivity contribution in [2.24, 2.45) is 0 Å². The zero-order valence-electron chi connectivity index (χ0n) is 15.9. The lowest BCUT2D eigenvalue weighted by molar-refractivity contribution is 0.0914. The molecule has 6 nitrogen and oxygen atoms in total. The summed E-state index contributed by atoms with van der Waals surface area (Å²) in [6.07, 6.45) is 0. The van der Waals surface area contributed by atoms with E-state index in [0.29, 0.717) is 22.5 Å². The molecule has 0 fully saturated rings. The molecule has 1 heterocycles. The Morgan fingerprint density at radius 3 is 2.68 bits per heavy atom. The van der Waals surface area contributed by atoms with Gasteiger partial charge in [-0.15, -0.1) is 0 Å². The molecule has 1 aromatic heterocycles. The predicted octanol–water partition coefficient (Wildman–Crippen LogP) is 3.49. The van der Waals surface area contributed by atoms with E-state index >= 15 is 0 Å². The Kier molecular flexibility index (Phi) is 6.02. The minimum atomic E-state index is -0.462. The monoisotopic (exact) mass is 400 g/mol. The summed E-state index contributed by atoms with van der Waals surface area (Å²) < 4.78 is 11.0. The van der Waals surface area contributed by atoms with E-state index in [1.165, 1.54) is 12.1 Å². The van der Waals surface area contributed by atoms with E-state index in [2.05, 4.69) is 5.32 Å². The van der Waals surface area contributed by atoms with Crippen molar-refractivity contribution in [1.82, 2.24) is 10.2 Å². The van der Waals surface area contributed by atoms with Crippen LogP contribution in [0.4, 0.5) is 0 Å². The molecule has 1 atom stereocenters. The summed E-state index contributed by atoms with van der Waals surface area (Å²) in [7, 11) is 5.45. The van der Waals surface area contributed by atoms with Crippen LogP contribution in [-0.4, -0.2) is 38.6 Å². The third-order valence-electron chi connectivity index (χ3n) is 4.49. The number of fused-ring (bicyclic) bond motifs is 1. The van der Waals surface area contributed by atoms with Crippen LogP contribution in [0.15, 0.2) is 57.7 Å². The van der Waals surface area contributed by atoms with Crippen LogP contribution in [0.3, 0.4) is 0 Å². The Balaban J connectivity index is 1.83. The number of methoxy groups -OCH3 is 1. The lowest BCUT2D eigenvalue weighted by atomic mass is 10.0. The molecule has 0 aliphatic carbocycles. The minimum Gasteiger partial charge on any atom is -0.496 e. The topological polar surface area (TPSA) is 71.8 Å². The summed E-state index contributed by atoms with van der Waals surface area (Å²) >= 11 is 5.92. The molecule has 1 amide bonds. The molecule has 0 bridgehead atoms. The van der Waals surface area contributed by atoms with E-state index in [0.717, 1.165) is 11.3 Å². The van der Waals surface area contributed by atoms with Crippen molar-refractivity contribution >= 4 is 28.5 Å². The van der Waals surface area contributed by atoms with Gasteiger partial charge < -0.3 is 19.4 Å². The fourth-order valence-electron chi connectivity index (χ4n) is 3.03. The molecule has 2 aromatic carbocycles. The zero-order valence-corrected chi connectivity index (χ0v) is 16.6. The average Bonchev–Trinajstić information content (AvgIpc) is 2.68. The van der Waals surface area contributed by atoms with Crippen LogP contribution in [-0.2, 0) is 0 Å². The highest BCUT2D eigenvalue weighted by molar-refractivity contribution is 6.31. The first-order chi connectivity index (χ1) is 13.4. The number of hydrogen-bond donors (Lipinski definition) is 1. The number of likely N-dealkylation sites (N-methyl/N-ethyl adjacent to an activating group) is 1. The van der Waals surface area contributed by atoms with Crippen LogP contribution in [0.25, 0.3) is 11.0 Å². The van der Waals surface area contributed by atoms with Gasteiger partial charge in [0.1, 0.15) is 11.3 Å². The van der Waals surface area contributed by atoms with E-state index in [1.807, 2.05) is 43.3 Å². The van der Waals surface area contributed by atoms with Gasteiger partial charge in [0.15, 0.2) is 11.2 Å². The summed E-state index contributed by atoms with van der Waals surface area (Å²) in [5, 5.41) is 3.61. The lowest BCUT2D eigenvalue weighted by Gasteiger charge is -2.26. The molecule has 0 spiro atoms. The van der Waals surface area contributed by atoms with Gasteiger partial charge in [-0.1, -0.05) is 29.8 Å². The second kappa shape index (κ2) is 8.46. The lowest BCUT2D eigenvalue weighted by Crippen LogP contribution is -2.35. The summed E-state index contributed by atoms with van der Waals surface area (Å²) in [4.78, 5) is 26.9. The molecule has 0 unspecified atom stereocenters.